The molecule has 0 amide bonds. The number of fused-ring (bicyclic) bond motifs is 1. The Balaban J connectivity index is 2.17. The molecule has 0 heterocycles. The van der Waals surface area contributed by atoms with Gasteiger partial charge in [0.2, 0.25) is 0 Å². The molecule has 0 N–H and O–H groups in total. The van der Waals surface area contributed by atoms with Crippen LogP contribution in [0.4, 0.5) is 0 Å². The van der Waals surface area contributed by atoms with Crippen LogP contribution >= 0.6 is 0 Å². The van der Waals surface area contributed by atoms with Crippen molar-refractivity contribution in [2.75, 3.05) is 0 Å². The van der Waals surface area contributed by atoms with E-state index in [1.54, 1.807) is 11.1 Å². The number of rotatable bonds is 2. The van der Waals surface area contributed by atoms with Gasteiger partial charge in [0.1, 0.15) is 0 Å². The second kappa shape index (κ2) is 6.10. The van der Waals surface area contributed by atoms with Gasteiger partial charge in [0.15, 0.2) is 0 Å². The van der Waals surface area contributed by atoms with Crippen molar-refractivity contribution in [2.45, 2.75) is 58.8 Å². The molecule has 0 bridgehead atoms. The maximum atomic E-state index is 3.36. The Bertz CT molecular complexity index is 459. The van der Waals surface area contributed by atoms with Crippen molar-refractivity contribution in [2.24, 2.45) is 5.92 Å². The largest absolute Gasteiger partial charge is 0.103 e. The second-order valence-corrected chi connectivity index (χ2v) is 5.49. The molecule has 0 nitrogen and oxygen atoms in total. The van der Waals surface area contributed by atoms with E-state index in [1.165, 1.54) is 31.2 Å². The summed E-state index contributed by atoms with van der Waals surface area (Å²) >= 11 is 0. The maximum absolute atomic E-state index is 3.36. The minimum absolute atomic E-state index is 0.451. The van der Waals surface area contributed by atoms with Crippen LogP contribution in [0.5, 0.6) is 0 Å². The highest BCUT2D eigenvalue weighted by molar-refractivity contribution is 5.36. The van der Waals surface area contributed by atoms with Crippen molar-refractivity contribution in [1.29, 1.82) is 0 Å². The van der Waals surface area contributed by atoms with E-state index >= 15 is 0 Å². The standard InChI is InChI=1S/C18H24/c1-4-5-8-14(2)15(3)17-12-11-16-9-6-7-10-18(16)13-17/h11-15H,4,6-7,9-10H2,1-3H3. The molecule has 18 heavy (non-hydrogen) atoms. The van der Waals surface area contributed by atoms with E-state index in [1.807, 2.05) is 0 Å². The van der Waals surface area contributed by atoms with Crippen molar-refractivity contribution >= 4 is 0 Å². The van der Waals surface area contributed by atoms with Crippen molar-refractivity contribution in [1.82, 2.24) is 0 Å². The first-order chi connectivity index (χ1) is 8.72. The summed E-state index contributed by atoms with van der Waals surface area (Å²) in [4.78, 5) is 0. The first-order valence-electron chi connectivity index (χ1n) is 7.32. The zero-order chi connectivity index (χ0) is 13.0. The van der Waals surface area contributed by atoms with Crippen molar-refractivity contribution < 1.29 is 0 Å². The summed E-state index contributed by atoms with van der Waals surface area (Å²) in [6.45, 7) is 6.66. The normalized spacial score (nSPS) is 17.3. The summed E-state index contributed by atoms with van der Waals surface area (Å²) in [6.07, 6.45) is 6.22. The highest BCUT2D eigenvalue weighted by Gasteiger charge is 2.15. The molecule has 2 rings (SSSR count). The monoisotopic (exact) mass is 240 g/mol. The van der Waals surface area contributed by atoms with Gasteiger partial charge in [-0.1, -0.05) is 44.9 Å². The van der Waals surface area contributed by atoms with E-state index in [4.69, 9.17) is 0 Å². The molecule has 96 valence electrons. The van der Waals surface area contributed by atoms with Crippen LogP contribution in [-0.4, -0.2) is 0 Å². The Labute approximate surface area is 112 Å². The lowest BCUT2D eigenvalue weighted by atomic mass is 9.84. The SMILES string of the molecule is CCC#CC(C)C(C)c1ccc2c(c1)CCCC2. The van der Waals surface area contributed by atoms with Crippen molar-refractivity contribution in [3.8, 4) is 11.8 Å². The third-order valence-corrected chi connectivity index (χ3v) is 4.15. The van der Waals surface area contributed by atoms with Crippen LogP contribution in [0.15, 0.2) is 18.2 Å². The van der Waals surface area contributed by atoms with E-state index < -0.39 is 0 Å². The van der Waals surface area contributed by atoms with Crippen LogP contribution < -0.4 is 0 Å². The Morgan fingerprint density at radius 1 is 1.11 bits per heavy atom. The molecule has 0 fully saturated rings. The van der Waals surface area contributed by atoms with Gasteiger partial charge in [-0.3, -0.25) is 0 Å². The quantitative estimate of drug-likeness (QED) is 0.656. The third-order valence-electron chi connectivity index (χ3n) is 4.15. The van der Waals surface area contributed by atoms with Gasteiger partial charge in [-0.05, 0) is 48.3 Å². The van der Waals surface area contributed by atoms with Crippen LogP contribution in [-0.2, 0) is 12.8 Å². The van der Waals surface area contributed by atoms with Gasteiger partial charge in [-0.15, -0.1) is 5.92 Å². The molecule has 1 aliphatic carbocycles. The number of hydrogen-bond donors (Lipinski definition) is 0. The maximum Gasteiger partial charge on any atom is 0.0240 e. The lowest BCUT2D eigenvalue weighted by Crippen LogP contribution is -2.08. The molecule has 0 saturated heterocycles. The highest BCUT2D eigenvalue weighted by Crippen LogP contribution is 2.28. The predicted molar refractivity (Wildman–Crippen MR) is 78.7 cm³/mol. The number of aryl methyl sites for hydroxylation is 2. The van der Waals surface area contributed by atoms with Gasteiger partial charge in [0.05, 0.1) is 0 Å². The van der Waals surface area contributed by atoms with Crippen LogP contribution in [0.25, 0.3) is 0 Å². The lowest BCUT2D eigenvalue weighted by Gasteiger charge is -2.20. The third kappa shape index (κ3) is 2.96. The van der Waals surface area contributed by atoms with E-state index in [0.717, 1.165) is 6.42 Å². The minimum atomic E-state index is 0.451. The zero-order valence-electron chi connectivity index (χ0n) is 11.9. The molecule has 0 aliphatic heterocycles. The molecular weight excluding hydrogens is 216 g/mol. The Hall–Kier alpha value is -1.22. The Morgan fingerprint density at radius 2 is 1.83 bits per heavy atom. The Kier molecular flexibility index (Phi) is 4.48. The average molecular weight is 240 g/mol. The highest BCUT2D eigenvalue weighted by atomic mass is 14.2. The predicted octanol–water partition coefficient (Wildman–Crippen LogP) is 4.72. The molecule has 0 radical (unpaired) electrons. The van der Waals surface area contributed by atoms with E-state index in [2.05, 4.69) is 50.8 Å². The van der Waals surface area contributed by atoms with E-state index in [0.29, 0.717) is 11.8 Å². The van der Waals surface area contributed by atoms with Gasteiger partial charge < -0.3 is 0 Å². The van der Waals surface area contributed by atoms with Gasteiger partial charge in [0.25, 0.3) is 0 Å². The minimum Gasteiger partial charge on any atom is -0.103 e. The molecule has 0 aromatic heterocycles. The smallest absolute Gasteiger partial charge is 0.0240 e. The molecule has 2 unspecified atom stereocenters. The van der Waals surface area contributed by atoms with Gasteiger partial charge >= 0.3 is 0 Å². The molecule has 2 atom stereocenters. The van der Waals surface area contributed by atoms with Gasteiger partial charge in [-0.25, -0.2) is 0 Å². The average Bonchev–Trinajstić information content (AvgIpc) is 2.43. The van der Waals surface area contributed by atoms with E-state index in [-0.39, 0.29) is 0 Å². The fourth-order valence-electron chi connectivity index (χ4n) is 2.71. The first-order valence-corrected chi connectivity index (χ1v) is 7.32. The molecule has 1 aromatic carbocycles. The molecule has 0 spiro atoms. The molecular formula is C18H24. The van der Waals surface area contributed by atoms with Crippen molar-refractivity contribution in [3.05, 3.63) is 34.9 Å². The molecule has 1 aromatic rings. The summed E-state index contributed by atoms with van der Waals surface area (Å²) < 4.78 is 0. The topological polar surface area (TPSA) is 0 Å². The first kappa shape index (κ1) is 13.2. The molecule has 0 heteroatoms. The van der Waals surface area contributed by atoms with Crippen LogP contribution in [0.3, 0.4) is 0 Å². The molecule has 0 saturated carbocycles. The summed E-state index contributed by atoms with van der Waals surface area (Å²) in [5.74, 6) is 7.56. The fraction of sp³-hybridized carbons (Fsp3) is 0.556. The lowest BCUT2D eigenvalue weighted by molar-refractivity contribution is 0.605. The molecule has 1 aliphatic rings. The second-order valence-electron chi connectivity index (χ2n) is 5.49. The number of benzene rings is 1. The number of hydrogen-bond acceptors (Lipinski definition) is 0. The zero-order valence-corrected chi connectivity index (χ0v) is 11.9. The van der Waals surface area contributed by atoms with Crippen LogP contribution in [0.2, 0.25) is 0 Å². The van der Waals surface area contributed by atoms with E-state index in [9.17, 15) is 0 Å². The Morgan fingerprint density at radius 3 is 2.56 bits per heavy atom. The van der Waals surface area contributed by atoms with Gasteiger partial charge in [0, 0.05) is 12.3 Å². The summed E-state index contributed by atoms with van der Waals surface area (Å²) in [5, 5.41) is 0. The van der Waals surface area contributed by atoms with Crippen LogP contribution in [0.1, 0.15) is 62.6 Å². The van der Waals surface area contributed by atoms with Gasteiger partial charge in [-0.2, -0.15) is 0 Å². The summed E-state index contributed by atoms with van der Waals surface area (Å²) in [5.41, 5.74) is 4.62. The fourth-order valence-corrected chi connectivity index (χ4v) is 2.71. The van der Waals surface area contributed by atoms with Crippen molar-refractivity contribution in [3.63, 3.8) is 0 Å². The summed E-state index contributed by atoms with van der Waals surface area (Å²) in [6, 6.07) is 7.10. The van der Waals surface area contributed by atoms with Crippen LogP contribution in [0, 0.1) is 17.8 Å². The summed E-state index contributed by atoms with van der Waals surface area (Å²) in [7, 11) is 0.